The van der Waals surface area contributed by atoms with E-state index in [1.54, 1.807) is 5.38 Å². The number of hydrogen-bond acceptors (Lipinski definition) is 5. The summed E-state index contributed by atoms with van der Waals surface area (Å²) in [6.45, 7) is 6.31. The quantitative estimate of drug-likeness (QED) is 0.922. The maximum Gasteiger partial charge on any atom is 0.332 e. The molecule has 0 aliphatic heterocycles. The molecule has 2 N–H and O–H groups in total. The second-order valence-corrected chi connectivity index (χ2v) is 6.23. The Bertz CT molecular complexity index is 755. The van der Waals surface area contributed by atoms with Crippen LogP contribution < -0.4 is 17.0 Å². The maximum absolute atomic E-state index is 12.3. The number of nitrogens with two attached hydrogens (primary N) is 1. The van der Waals surface area contributed by atoms with Crippen LogP contribution in [-0.2, 0) is 13.6 Å². The van der Waals surface area contributed by atoms with Crippen LogP contribution in [0.5, 0.6) is 0 Å². The summed E-state index contributed by atoms with van der Waals surface area (Å²) in [5.41, 5.74) is 6.09. The monoisotopic (exact) mass is 294 g/mol. The number of thiazole rings is 1. The van der Waals surface area contributed by atoms with Crippen LogP contribution in [0.15, 0.2) is 15.0 Å². The third-order valence-electron chi connectivity index (χ3n) is 3.01. The summed E-state index contributed by atoms with van der Waals surface area (Å²) in [5, 5.41) is 2.63. The Morgan fingerprint density at radius 3 is 2.55 bits per heavy atom. The van der Waals surface area contributed by atoms with Gasteiger partial charge in [0.05, 0.1) is 10.7 Å². The molecule has 108 valence electrons. The van der Waals surface area contributed by atoms with E-state index in [1.165, 1.54) is 23.0 Å². The van der Waals surface area contributed by atoms with Crippen molar-refractivity contribution in [1.29, 1.82) is 0 Å². The maximum atomic E-state index is 12.3. The Kier molecular flexibility index (Phi) is 3.80. The Morgan fingerprint density at radius 2 is 2.05 bits per heavy atom. The van der Waals surface area contributed by atoms with E-state index >= 15 is 0 Å². The highest BCUT2D eigenvalue weighted by Gasteiger charge is 2.19. The molecular weight excluding hydrogens is 276 g/mol. The summed E-state index contributed by atoms with van der Waals surface area (Å²) in [7, 11) is 1.46. The van der Waals surface area contributed by atoms with Crippen molar-refractivity contribution in [3.63, 3.8) is 0 Å². The van der Waals surface area contributed by atoms with E-state index in [-0.39, 0.29) is 11.7 Å². The summed E-state index contributed by atoms with van der Waals surface area (Å²) in [6, 6.07) is 0. The van der Waals surface area contributed by atoms with Crippen LogP contribution in [0.2, 0.25) is 0 Å². The van der Waals surface area contributed by atoms with E-state index in [0.717, 1.165) is 9.57 Å². The second-order valence-electron chi connectivity index (χ2n) is 5.16. The number of nitrogen functional groups attached to an aromatic ring is 1. The molecule has 0 spiro atoms. The van der Waals surface area contributed by atoms with Gasteiger partial charge in [-0.15, -0.1) is 11.3 Å². The highest BCUT2D eigenvalue weighted by atomic mass is 32.1. The van der Waals surface area contributed by atoms with Crippen molar-refractivity contribution in [1.82, 2.24) is 14.1 Å². The zero-order chi connectivity index (χ0) is 15.0. The topological polar surface area (TPSA) is 82.9 Å². The lowest BCUT2D eigenvalue weighted by molar-refractivity contribution is 0.494. The molecule has 2 aromatic rings. The summed E-state index contributed by atoms with van der Waals surface area (Å²) >= 11 is 1.44. The minimum absolute atomic E-state index is 0.192. The lowest BCUT2D eigenvalue weighted by Gasteiger charge is -2.15. The van der Waals surface area contributed by atoms with E-state index < -0.39 is 11.2 Å². The number of rotatable bonds is 3. The fourth-order valence-electron chi connectivity index (χ4n) is 2.04. The van der Waals surface area contributed by atoms with Gasteiger partial charge in [-0.25, -0.2) is 9.78 Å². The minimum Gasteiger partial charge on any atom is -0.384 e. The Labute approximate surface area is 120 Å². The van der Waals surface area contributed by atoms with Crippen molar-refractivity contribution in [3.05, 3.63) is 31.2 Å². The van der Waals surface area contributed by atoms with E-state index in [1.807, 2.05) is 20.8 Å². The first-order valence-corrected chi connectivity index (χ1v) is 7.22. The van der Waals surface area contributed by atoms with Crippen molar-refractivity contribution in [2.75, 3.05) is 5.73 Å². The molecule has 20 heavy (non-hydrogen) atoms. The van der Waals surface area contributed by atoms with Gasteiger partial charge in [0, 0.05) is 19.0 Å². The normalized spacial score (nSPS) is 11.2. The fourth-order valence-corrected chi connectivity index (χ4v) is 2.65. The lowest BCUT2D eigenvalue weighted by Crippen LogP contribution is -2.41. The van der Waals surface area contributed by atoms with Gasteiger partial charge in [0.2, 0.25) is 0 Å². The first-order valence-electron chi connectivity index (χ1n) is 6.34. The van der Waals surface area contributed by atoms with Crippen molar-refractivity contribution in [2.24, 2.45) is 13.0 Å². The Balaban J connectivity index is 2.78. The molecule has 0 aliphatic carbocycles. The molecule has 2 heterocycles. The molecule has 0 atom stereocenters. The molecule has 0 saturated heterocycles. The molecule has 0 bridgehead atoms. The second kappa shape index (κ2) is 5.24. The number of anilines is 1. The molecule has 2 rings (SSSR count). The minimum atomic E-state index is -0.405. The third-order valence-corrected chi connectivity index (χ3v) is 3.78. The van der Waals surface area contributed by atoms with Crippen LogP contribution in [-0.4, -0.2) is 14.1 Å². The van der Waals surface area contributed by atoms with Crippen LogP contribution in [0.1, 0.15) is 18.9 Å². The molecular formula is C13H18N4O2S. The molecule has 0 fully saturated rings. The Hall–Kier alpha value is -1.89. The number of hydrogen-bond donors (Lipinski definition) is 1. The first-order chi connectivity index (χ1) is 9.32. The van der Waals surface area contributed by atoms with Gasteiger partial charge < -0.3 is 5.73 Å². The predicted octanol–water partition coefficient (Wildman–Crippen LogP) is 1.22. The van der Waals surface area contributed by atoms with Gasteiger partial charge in [0.15, 0.2) is 0 Å². The van der Waals surface area contributed by atoms with Gasteiger partial charge in [-0.1, -0.05) is 13.8 Å². The smallest absolute Gasteiger partial charge is 0.332 e. The molecule has 0 aromatic carbocycles. The van der Waals surface area contributed by atoms with Crippen LogP contribution >= 0.6 is 11.3 Å². The zero-order valence-electron chi connectivity index (χ0n) is 12.0. The van der Waals surface area contributed by atoms with Gasteiger partial charge >= 0.3 is 5.69 Å². The molecule has 0 unspecified atom stereocenters. The average molecular weight is 294 g/mol. The fraction of sp³-hybridized carbons (Fsp3) is 0.462. The van der Waals surface area contributed by atoms with Gasteiger partial charge in [-0.05, 0) is 12.8 Å². The Morgan fingerprint density at radius 1 is 1.40 bits per heavy atom. The van der Waals surface area contributed by atoms with Crippen LogP contribution in [0, 0.1) is 12.8 Å². The van der Waals surface area contributed by atoms with E-state index in [2.05, 4.69) is 4.98 Å². The van der Waals surface area contributed by atoms with Crippen LogP contribution in [0.25, 0.3) is 11.3 Å². The van der Waals surface area contributed by atoms with Crippen molar-refractivity contribution in [2.45, 2.75) is 27.3 Å². The summed E-state index contributed by atoms with van der Waals surface area (Å²) in [4.78, 5) is 28.8. The molecule has 0 amide bonds. The summed E-state index contributed by atoms with van der Waals surface area (Å²) < 4.78 is 2.53. The van der Waals surface area contributed by atoms with Crippen LogP contribution in [0.3, 0.4) is 0 Å². The number of aromatic nitrogens is 3. The van der Waals surface area contributed by atoms with Crippen molar-refractivity contribution in [3.8, 4) is 11.3 Å². The van der Waals surface area contributed by atoms with Gasteiger partial charge in [-0.2, -0.15) is 0 Å². The van der Waals surface area contributed by atoms with E-state index in [0.29, 0.717) is 17.8 Å². The van der Waals surface area contributed by atoms with E-state index in [9.17, 15) is 9.59 Å². The predicted molar refractivity (Wildman–Crippen MR) is 81.0 cm³/mol. The zero-order valence-corrected chi connectivity index (χ0v) is 12.8. The SMILES string of the molecule is Cc1nc(-c2c(N)n(CC(C)C)c(=O)n(C)c2=O)cs1. The number of nitrogens with zero attached hydrogens (tertiary/aromatic N) is 3. The highest BCUT2D eigenvalue weighted by molar-refractivity contribution is 7.09. The third kappa shape index (κ3) is 2.40. The molecule has 0 saturated carbocycles. The molecule has 0 aliphatic rings. The van der Waals surface area contributed by atoms with E-state index in [4.69, 9.17) is 5.73 Å². The molecule has 7 heteroatoms. The van der Waals surface area contributed by atoms with Crippen molar-refractivity contribution < 1.29 is 0 Å². The van der Waals surface area contributed by atoms with Gasteiger partial charge in [0.1, 0.15) is 11.4 Å². The summed E-state index contributed by atoms with van der Waals surface area (Å²) in [5.74, 6) is 0.439. The molecule has 2 aromatic heterocycles. The first kappa shape index (κ1) is 14.5. The highest BCUT2D eigenvalue weighted by Crippen LogP contribution is 2.23. The summed E-state index contributed by atoms with van der Waals surface area (Å²) in [6.07, 6.45) is 0. The van der Waals surface area contributed by atoms with Crippen molar-refractivity contribution >= 4 is 17.2 Å². The largest absolute Gasteiger partial charge is 0.384 e. The standard InChI is InChI=1S/C13H18N4O2S/c1-7(2)5-17-11(14)10(9-6-20-8(3)15-9)12(18)16(4)13(17)19/h6-7H,5,14H2,1-4H3. The van der Waals surface area contributed by atoms with Gasteiger partial charge in [0.25, 0.3) is 5.56 Å². The lowest BCUT2D eigenvalue weighted by atomic mass is 10.2. The molecule has 0 radical (unpaired) electrons. The van der Waals surface area contributed by atoms with Crippen LogP contribution in [0.4, 0.5) is 5.82 Å². The molecule has 6 nitrogen and oxygen atoms in total. The average Bonchev–Trinajstić information content (AvgIpc) is 2.78. The number of aryl methyl sites for hydroxylation is 1. The van der Waals surface area contributed by atoms with Gasteiger partial charge in [-0.3, -0.25) is 13.9 Å².